The van der Waals surface area contributed by atoms with Gasteiger partial charge in [-0.05, 0) is 12.8 Å². The van der Waals surface area contributed by atoms with Gasteiger partial charge in [-0.15, -0.1) is 0 Å². The molecule has 1 rings (SSSR count). The molecule has 1 aliphatic heterocycles. The number of hydrogen-bond acceptors (Lipinski definition) is 3. The van der Waals surface area contributed by atoms with Crippen LogP contribution in [0.4, 0.5) is 0 Å². The second-order valence-corrected chi connectivity index (χ2v) is 3.66. The summed E-state index contributed by atoms with van der Waals surface area (Å²) in [5.74, 6) is 0. The van der Waals surface area contributed by atoms with Crippen molar-refractivity contribution in [1.29, 1.82) is 0 Å². The summed E-state index contributed by atoms with van der Waals surface area (Å²) in [7, 11) is 1.61. The molecule has 1 atom stereocenters. The molecule has 1 aliphatic rings. The number of hydrogen-bond donors (Lipinski definition) is 1. The molecular weight excluding hydrogens is 166 g/mol. The average molecular weight is 185 g/mol. The second-order valence-electron chi connectivity index (χ2n) is 3.66. The van der Waals surface area contributed by atoms with Crippen LogP contribution in [0.25, 0.3) is 0 Å². The van der Waals surface area contributed by atoms with Crippen LogP contribution in [0.15, 0.2) is 12.2 Å². The van der Waals surface area contributed by atoms with Crippen molar-refractivity contribution >= 4 is 0 Å². The van der Waals surface area contributed by atoms with Crippen LogP contribution in [-0.4, -0.2) is 49.5 Å². The van der Waals surface area contributed by atoms with E-state index in [-0.39, 0.29) is 6.10 Å². The zero-order valence-corrected chi connectivity index (χ0v) is 8.33. The number of rotatable bonds is 4. The predicted octanol–water partition coefficient (Wildman–Crippen LogP) is 0.646. The minimum atomic E-state index is -0.351. The zero-order valence-electron chi connectivity index (χ0n) is 8.33. The van der Waals surface area contributed by atoms with Crippen LogP contribution in [0.3, 0.4) is 0 Å². The molecule has 1 unspecified atom stereocenters. The van der Waals surface area contributed by atoms with E-state index < -0.39 is 0 Å². The van der Waals surface area contributed by atoms with Crippen molar-refractivity contribution in [1.82, 2.24) is 4.90 Å². The van der Waals surface area contributed by atoms with E-state index in [1.165, 1.54) is 5.57 Å². The number of methoxy groups -OCH3 is 1. The van der Waals surface area contributed by atoms with Crippen LogP contribution in [0.5, 0.6) is 0 Å². The summed E-state index contributed by atoms with van der Waals surface area (Å²) < 4.78 is 4.87. The molecule has 76 valence electrons. The van der Waals surface area contributed by atoms with E-state index in [0.717, 1.165) is 32.5 Å². The molecule has 0 radical (unpaired) electrons. The Hall–Kier alpha value is -0.380. The molecule has 0 saturated carbocycles. The molecule has 3 nitrogen and oxygen atoms in total. The number of aliphatic hydroxyl groups is 1. The third-order valence-electron chi connectivity index (χ3n) is 2.39. The number of nitrogens with zero attached hydrogens (tertiary/aromatic N) is 1. The molecule has 13 heavy (non-hydrogen) atoms. The summed E-state index contributed by atoms with van der Waals surface area (Å²) in [6, 6.07) is 0. The monoisotopic (exact) mass is 185 g/mol. The van der Waals surface area contributed by atoms with E-state index in [0.29, 0.717) is 6.61 Å². The summed E-state index contributed by atoms with van der Waals surface area (Å²) in [5, 5.41) is 9.48. The van der Waals surface area contributed by atoms with E-state index in [4.69, 9.17) is 4.74 Å². The highest BCUT2D eigenvalue weighted by Crippen LogP contribution is 2.13. The molecule has 1 heterocycles. The van der Waals surface area contributed by atoms with Gasteiger partial charge < -0.3 is 14.7 Å². The van der Waals surface area contributed by atoms with Crippen molar-refractivity contribution < 1.29 is 9.84 Å². The first-order valence-corrected chi connectivity index (χ1v) is 4.78. The predicted molar refractivity (Wildman–Crippen MR) is 52.7 cm³/mol. The van der Waals surface area contributed by atoms with Crippen LogP contribution in [-0.2, 0) is 4.74 Å². The van der Waals surface area contributed by atoms with Crippen LogP contribution < -0.4 is 0 Å². The largest absolute Gasteiger partial charge is 0.389 e. The molecule has 0 amide bonds. The molecule has 0 aromatic carbocycles. The fraction of sp³-hybridized carbons (Fsp3) is 0.800. The Morgan fingerprint density at radius 1 is 1.54 bits per heavy atom. The van der Waals surface area contributed by atoms with Gasteiger partial charge in [0.2, 0.25) is 0 Å². The Labute approximate surface area is 80.0 Å². The smallest absolute Gasteiger partial charge is 0.0900 e. The number of aliphatic hydroxyl groups excluding tert-OH is 1. The van der Waals surface area contributed by atoms with E-state index >= 15 is 0 Å². The van der Waals surface area contributed by atoms with Crippen molar-refractivity contribution in [2.24, 2.45) is 0 Å². The lowest BCUT2D eigenvalue weighted by molar-refractivity contribution is 0.0360. The third-order valence-corrected chi connectivity index (χ3v) is 2.39. The fourth-order valence-corrected chi connectivity index (χ4v) is 1.59. The Morgan fingerprint density at radius 3 is 2.69 bits per heavy atom. The quantitative estimate of drug-likeness (QED) is 0.653. The number of ether oxygens (including phenoxy) is 1. The van der Waals surface area contributed by atoms with Gasteiger partial charge in [-0.1, -0.05) is 12.2 Å². The van der Waals surface area contributed by atoms with Crippen molar-refractivity contribution in [3.63, 3.8) is 0 Å². The van der Waals surface area contributed by atoms with Crippen molar-refractivity contribution in [2.75, 3.05) is 33.4 Å². The van der Waals surface area contributed by atoms with Gasteiger partial charge in [-0.3, -0.25) is 0 Å². The molecule has 0 bridgehead atoms. The summed E-state index contributed by atoms with van der Waals surface area (Å²) in [5.41, 5.74) is 1.33. The van der Waals surface area contributed by atoms with Crippen molar-refractivity contribution in [2.45, 2.75) is 18.9 Å². The Kier molecular flexibility index (Phi) is 4.42. The lowest BCUT2D eigenvalue weighted by Gasteiger charge is -2.29. The summed E-state index contributed by atoms with van der Waals surface area (Å²) in [6.45, 7) is 7.16. The van der Waals surface area contributed by atoms with Gasteiger partial charge in [0.05, 0.1) is 12.7 Å². The van der Waals surface area contributed by atoms with Crippen LogP contribution in [0, 0.1) is 0 Å². The van der Waals surface area contributed by atoms with Crippen LogP contribution >= 0.6 is 0 Å². The van der Waals surface area contributed by atoms with Crippen LogP contribution in [0.2, 0.25) is 0 Å². The highest BCUT2D eigenvalue weighted by molar-refractivity contribution is 4.98. The van der Waals surface area contributed by atoms with Gasteiger partial charge in [0, 0.05) is 26.7 Å². The van der Waals surface area contributed by atoms with Gasteiger partial charge in [-0.2, -0.15) is 0 Å². The first-order chi connectivity index (χ1) is 6.22. The molecule has 0 aliphatic carbocycles. The lowest BCUT2D eigenvalue weighted by atomic mass is 10.1. The van der Waals surface area contributed by atoms with E-state index in [9.17, 15) is 5.11 Å². The molecular formula is C10H19NO2. The fourth-order valence-electron chi connectivity index (χ4n) is 1.59. The minimum Gasteiger partial charge on any atom is -0.389 e. The summed E-state index contributed by atoms with van der Waals surface area (Å²) in [6.07, 6.45) is 1.79. The molecule has 3 heteroatoms. The molecule has 0 spiro atoms. The number of β-amino-alcohol motifs (C(OH)–C–C–N with tert-alkyl or cyclic N) is 1. The van der Waals surface area contributed by atoms with Gasteiger partial charge in [0.15, 0.2) is 0 Å². The first-order valence-electron chi connectivity index (χ1n) is 4.78. The molecule has 0 aromatic rings. The lowest BCUT2D eigenvalue weighted by Crippen LogP contribution is -2.38. The highest BCUT2D eigenvalue weighted by atomic mass is 16.5. The summed E-state index contributed by atoms with van der Waals surface area (Å²) in [4.78, 5) is 2.26. The topological polar surface area (TPSA) is 32.7 Å². The zero-order chi connectivity index (χ0) is 9.68. The highest BCUT2D eigenvalue weighted by Gasteiger charge is 2.15. The molecule has 0 aromatic heterocycles. The average Bonchev–Trinajstić information content (AvgIpc) is 2.09. The second kappa shape index (κ2) is 5.37. The number of piperidine rings is 1. The maximum atomic E-state index is 9.48. The first kappa shape index (κ1) is 10.7. The Balaban J connectivity index is 2.18. The van der Waals surface area contributed by atoms with E-state index in [1.54, 1.807) is 7.11 Å². The van der Waals surface area contributed by atoms with Crippen molar-refractivity contribution in [3.8, 4) is 0 Å². The summed E-state index contributed by atoms with van der Waals surface area (Å²) >= 11 is 0. The number of likely N-dealkylation sites (tertiary alicyclic amines) is 1. The normalized spacial score (nSPS) is 21.8. The van der Waals surface area contributed by atoms with Crippen LogP contribution in [0.1, 0.15) is 12.8 Å². The van der Waals surface area contributed by atoms with Gasteiger partial charge in [0.25, 0.3) is 0 Å². The van der Waals surface area contributed by atoms with Gasteiger partial charge in [-0.25, -0.2) is 0 Å². The third kappa shape index (κ3) is 3.89. The van der Waals surface area contributed by atoms with Gasteiger partial charge in [0.1, 0.15) is 0 Å². The molecule has 1 fully saturated rings. The van der Waals surface area contributed by atoms with E-state index in [2.05, 4.69) is 11.5 Å². The Morgan fingerprint density at radius 2 is 2.15 bits per heavy atom. The SMILES string of the molecule is C=C1CCN(CC(O)COC)CC1. The maximum absolute atomic E-state index is 9.48. The maximum Gasteiger partial charge on any atom is 0.0900 e. The molecule has 1 saturated heterocycles. The van der Waals surface area contributed by atoms with Crippen molar-refractivity contribution in [3.05, 3.63) is 12.2 Å². The molecule has 1 N–H and O–H groups in total. The standard InChI is InChI=1S/C10H19NO2/c1-9-3-5-11(6-4-9)7-10(12)8-13-2/h10,12H,1,3-8H2,2H3. The van der Waals surface area contributed by atoms with E-state index in [1.807, 2.05) is 0 Å². The van der Waals surface area contributed by atoms with Gasteiger partial charge >= 0.3 is 0 Å². The Bertz CT molecular complexity index is 160. The minimum absolute atomic E-state index is 0.351.